The average Bonchev–Trinajstić information content (AvgIpc) is 3.13. The van der Waals surface area contributed by atoms with Gasteiger partial charge in [-0.1, -0.05) is 6.92 Å². The number of carbonyl (C=O) groups excluding carboxylic acids is 1. The van der Waals surface area contributed by atoms with Crippen LogP contribution in [0.2, 0.25) is 0 Å². The van der Waals surface area contributed by atoms with Crippen molar-refractivity contribution in [1.29, 1.82) is 0 Å². The molecular weight excluding hydrogens is 300 g/mol. The Morgan fingerprint density at radius 2 is 2.22 bits per heavy atom. The summed E-state index contributed by atoms with van der Waals surface area (Å²) in [6.45, 7) is 6.64. The molecule has 9 nitrogen and oxygen atoms in total. The fraction of sp³-hybridized carbons (Fsp3) is 0.500. The summed E-state index contributed by atoms with van der Waals surface area (Å²) in [4.78, 5) is 22.6. The molecule has 9 heteroatoms. The van der Waals surface area contributed by atoms with Gasteiger partial charge in [0.1, 0.15) is 0 Å². The van der Waals surface area contributed by atoms with E-state index in [4.69, 9.17) is 0 Å². The summed E-state index contributed by atoms with van der Waals surface area (Å²) in [6.07, 6.45) is 4.06. The molecule has 1 N–H and O–H groups in total. The van der Waals surface area contributed by atoms with Gasteiger partial charge in [0.15, 0.2) is 6.04 Å². The van der Waals surface area contributed by atoms with Gasteiger partial charge in [0, 0.05) is 24.8 Å². The van der Waals surface area contributed by atoms with Crippen molar-refractivity contribution >= 4 is 11.7 Å². The first kappa shape index (κ1) is 16.7. The highest BCUT2D eigenvalue weighted by Crippen LogP contribution is 2.19. The Bertz CT molecular complexity index is 705. The van der Waals surface area contributed by atoms with Crippen LogP contribution in [-0.2, 0) is 17.9 Å². The molecular formula is C14H20N6O3. The van der Waals surface area contributed by atoms with Gasteiger partial charge in [-0.3, -0.25) is 9.48 Å². The maximum Gasteiger partial charge on any atom is 0.390 e. The van der Waals surface area contributed by atoms with E-state index in [1.165, 1.54) is 10.7 Å². The zero-order valence-corrected chi connectivity index (χ0v) is 13.4. The molecule has 2 heterocycles. The van der Waals surface area contributed by atoms with E-state index in [1.807, 2.05) is 20.0 Å². The first-order chi connectivity index (χ1) is 11.0. The number of hydrogen-bond acceptors (Lipinski definition) is 5. The van der Waals surface area contributed by atoms with Crippen molar-refractivity contribution < 1.29 is 9.72 Å². The van der Waals surface area contributed by atoms with Crippen LogP contribution < -0.4 is 5.32 Å². The standard InChI is InChI=1S/C14H20N6O3/c1-4-12(19-10(3)6-13(17-19)20(22)23)14(21)15-7-11-8-16-18(5-2)9-11/h6,8-9,12H,4-5,7H2,1-3H3,(H,15,21). The van der Waals surface area contributed by atoms with Crippen LogP contribution >= 0.6 is 0 Å². The number of rotatable bonds is 7. The van der Waals surface area contributed by atoms with Crippen LogP contribution in [0.4, 0.5) is 5.82 Å². The van der Waals surface area contributed by atoms with Crippen molar-refractivity contribution in [3.63, 3.8) is 0 Å². The minimum absolute atomic E-state index is 0.224. The zero-order valence-electron chi connectivity index (χ0n) is 13.4. The maximum absolute atomic E-state index is 12.4. The number of nitro groups is 1. The molecule has 0 saturated carbocycles. The van der Waals surface area contributed by atoms with Crippen molar-refractivity contribution in [3.8, 4) is 0 Å². The van der Waals surface area contributed by atoms with Crippen molar-refractivity contribution in [3.05, 3.63) is 39.8 Å². The van der Waals surface area contributed by atoms with Gasteiger partial charge in [0.2, 0.25) is 5.91 Å². The predicted octanol–water partition coefficient (Wildman–Crippen LogP) is 1.58. The third-order valence-electron chi connectivity index (χ3n) is 3.56. The summed E-state index contributed by atoms with van der Waals surface area (Å²) in [5.41, 5.74) is 1.48. The van der Waals surface area contributed by atoms with Gasteiger partial charge in [-0.05, 0) is 25.2 Å². The third kappa shape index (κ3) is 3.74. The minimum Gasteiger partial charge on any atom is -0.358 e. The van der Waals surface area contributed by atoms with E-state index in [-0.39, 0.29) is 11.7 Å². The largest absolute Gasteiger partial charge is 0.390 e. The van der Waals surface area contributed by atoms with E-state index in [1.54, 1.807) is 17.8 Å². The summed E-state index contributed by atoms with van der Waals surface area (Å²) in [7, 11) is 0. The molecule has 0 aromatic carbocycles. The van der Waals surface area contributed by atoms with Gasteiger partial charge in [0.05, 0.1) is 23.1 Å². The number of nitrogens with zero attached hydrogens (tertiary/aromatic N) is 5. The second-order valence-electron chi connectivity index (χ2n) is 5.19. The number of aryl methyl sites for hydroxylation is 2. The summed E-state index contributed by atoms with van der Waals surface area (Å²) in [6, 6.07) is 0.784. The maximum atomic E-state index is 12.4. The van der Waals surface area contributed by atoms with Crippen molar-refractivity contribution in [2.24, 2.45) is 0 Å². The fourth-order valence-corrected chi connectivity index (χ4v) is 2.32. The van der Waals surface area contributed by atoms with E-state index in [0.29, 0.717) is 18.7 Å². The van der Waals surface area contributed by atoms with Gasteiger partial charge >= 0.3 is 5.82 Å². The van der Waals surface area contributed by atoms with E-state index in [9.17, 15) is 14.9 Å². The van der Waals surface area contributed by atoms with Crippen molar-refractivity contribution in [2.75, 3.05) is 0 Å². The SMILES string of the molecule is CCC(C(=O)NCc1cnn(CC)c1)n1nc([N+](=O)[O-])cc1C. The van der Waals surface area contributed by atoms with Gasteiger partial charge in [0.25, 0.3) is 0 Å². The normalized spacial score (nSPS) is 12.1. The molecule has 0 saturated heterocycles. The molecule has 0 radical (unpaired) electrons. The Kier molecular flexibility index (Phi) is 5.09. The lowest BCUT2D eigenvalue weighted by Gasteiger charge is -2.13. The number of hydrogen-bond donors (Lipinski definition) is 1. The Balaban J connectivity index is 2.07. The number of carbonyl (C=O) groups is 1. The molecule has 124 valence electrons. The molecule has 0 bridgehead atoms. The Labute approximate surface area is 133 Å². The first-order valence-corrected chi connectivity index (χ1v) is 7.45. The number of aromatic nitrogens is 4. The molecule has 2 aromatic heterocycles. The van der Waals surface area contributed by atoms with Crippen LogP contribution in [0.5, 0.6) is 0 Å². The first-order valence-electron chi connectivity index (χ1n) is 7.45. The lowest BCUT2D eigenvalue weighted by Crippen LogP contribution is -2.32. The number of nitrogens with one attached hydrogen (secondary N) is 1. The predicted molar refractivity (Wildman–Crippen MR) is 82.7 cm³/mol. The van der Waals surface area contributed by atoms with Gasteiger partial charge in [-0.25, -0.2) is 0 Å². The van der Waals surface area contributed by atoms with Crippen LogP contribution in [0.1, 0.15) is 37.6 Å². The summed E-state index contributed by atoms with van der Waals surface area (Å²) < 4.78 is 3.18. The van der Waals surface area contributed by atoms with E-state index >= 15 is 0 Å². The molecule has 1 atom stereocenters. The third-order valence-corrected chi connectivity index (χ3v) is 3.56. The van der Waals surface area contributed by atoms with Gasteiger partial charge < -0.3 is 15.4 Å². The topological polar surface area (TPSA) is 108 Å². The molecule has 1 amide bonds. The summed E-state index contributed by atoms with van der Waals surface area (Å²) in [5.74, 6) is -0.476. The molecule has 0 spiro atoms. The molecule has 0 aliphatic rings. The Hall–Kier alpha value is -2.71. The van der Waals surface area contributed by atoms with Crippen molar-refractivity contribution in [2.45, 2.75) is 46.3 Å². The number of amides is 1. The molecule has 2 rings (SSSR count). The van der Waals surface area contributed by atoms with Crippen LogP contribution in [0.15, 0.2) is 18.5 Å². The summed E-state index contributed by atoms with van der Waals surface area (Å²) >= 11 is 0. The molecule has 1 unspecified atom stereocenters. The Morgan fingerprint density at radius 3 is 2.74 bits per heavy atom. The van der Waals surface area contributed by atoms with E-state index in [0.717, 1.165) is 12.1 Å². The highest BCUT2D eigenvalue weighted by atomic mass is 16.6. The van der Waals surface area contributed by atoms with Crippen LogP contribution in [0, 0.1) is 17.0 Å². The van der Waals surface area contributed by atoms with Gasteiger partial charge in [-0.15, -0.1) is 0 Å². The fourth-order valence-electron chi connectivity index (χ4n) is 2.32. The smallest absolute Gasteiger partial charge is 0.358 e. The lowest BCUT2D eigenvalue weighted by atomic mass is 10.2. The molecule has 2 aromatic rings. The monoisotopic (exact) mass is 320 g/mol. The highest BCUT2D eigenvalue weighted by Gasteiger charge is 2.26. The Morgan fingerprint density at radius 1 is 1.48 bits per heavy atom. The molecule has 23 heavy (non-hydrogen) atoms. The van der Waals surface area contributed by atoms with Crippen molar-refractivity contribution in [1.82, 2.24) is 24.9 Å². The average molecular weight is 320 g/mol. The second-order valence-corrected chi connectivity index (χ2v) is 5.19. The van der Waals surface area contributed by atoms with Gasteiger partial charge in [-0.2, -0.15) is 9.78 Å². The van der Waals surface area contributed by atoms with Crippen LogP contribution in [0.25, 0.3) is 0 Å². The van der Waals surface area contributed by atoms with E-state index in [2.05, 4.69) is 15.5 Å². The van der Waals surface area contributed by atoms with Crippen LogP contribution in [-0.4, -0.2) is 30.4 Å². The second kappa shape index (κ2) is 7.03. The quantitative estimate of drug-likeness (QED) is 0.615. The molecule has 0 fully saturated rings. The summed E-state index contributed by atoms with van der Waals surface area (Å²) in [5, 5.41) is 21.7. The zero-order chi connectivity index (χ0) is 17.0. The van der Waals surface area contributed by atoms with E-state index < -0.39 is 11.0 Å². The highest BCUT2D eigenvalue weighted by molar-refractivity contribution is 5.80. The minimum atomic E-state index is -0.579. The van der Waals surface area contributed by atoms with Crippen LogP contribution in [0.3, 0.4) is 0 Å². The lowest BCUT2D eigenvalue weighted by molar-refractivity contribution is -0.389. The molecule has 0 aliphatic heterocycles. The molecule has 0 aliphatic carbocycles.